The highest BCUT2D eigenvalue weighted by Crippen LogP contribution is 2.14. The molecule has 0 aliphatic heterocycles. The van der Waals surface area contributed by atoms with E-state index in [4.69, 9.17) is 27.0 Å². The summed E-state index contributed by atoms with van der Waals surface area (Å²) >= 11 is 0. The van der Waals surface area contributed by atoms with Crippen LogP contribution in [0.1, 0.15) is 6.42 Å². The van der Waals surface area contributed by atoms with Gasteiger partial charge < -0.3 is 20.4 Å². The van der Waals surface area contributed by atoms with E-state index in [2.05, 4.69) is 4.89 Å². The second-order valence-electron chi connectivity index (χ2n) is 2.57. The van der Waals surface area contributed by atoms with E-state index in [1.165, 1.54) is 0 Å². The Balaban J connectivity index is 4.30. The topological polar surface area (TPSA) is 110 Å². The maximum Gasteiger partial charge on any atom is 0.177 e. The molecule has 5 N–H and O–H groups in total. The molecular weight excluding hydrogens is 180 g/mol. The standard InChI is InChI=1S/C7H12O6/c1-2-7(11,4-13-12)5(8)3-6(9)10/h1,5-6,8-12H,3-4H2/t5-,7+/m0/s1. The lowest BCUT2D eigenvalue weighted by molar-refractivity contribution is -0.276. The van der Waals surface area contributed by atoms with Crippen molar-refractivity contribution in [3.8, 4) is 12.3 Å². The van der Waals surface area contributed by atoms with Gasteiger partial charge in [-0.2, -0.15) is 0 Å². The number of aliphatic hydroxyl groups is 4. The zero-order valence-corrected chi connectivity index (χ0v) is 6.79. The van der Waals surface area contributed by atoms with E-state index < -0.39 is 31.0 Å². The lowest BCUT2D eigenvalue weighted by Gasteiger charge is -2.26. The van der Waals surface area contributed by atoms with Crippen LogP contribution in [0, 0.1) is 12.3 Å². The van der Waals surface area contributed by atoms with Gasteiger partial charge in [0.1, 0.15) is 12.7 Å². The summed E-state index contributed by atoms with van der Waals surface area (Å²) in [5.41, 5.74) is -2.13. The van der Waals surface area contributed by atoms with Gasteiger partial charge in [0.25, 0.3) is 0 Å². The first-order valence-corrected chi connectivity index (χ1v) is 3.47. The highest BCUT2D eigenvalue weighted by atomic mass is 17.1. The van der Waals surface area contributed by atoms with Crippen LogP contribution in [0.2, 0.25) is 0 Å². The van der Waals surface area contributed by atoms with Crippen molar-refractivity contribution in [2.75, 3.05) is 6.61 Å². The zero-order valence-electron chi connectivity index (χ0n) is 6.79. The van der Waals surface area contributed by atoms with Crippen molar-refractivity contribution in [3.05, 3.63) is 0 Å². The Hall–Kier alpha value is -0.680. The van der Waals surface area contributed by atoms with Crippen molar-refractivity contribution in [2.45, 2.75) is 24.4 Å². The average molecular weight is 192 g/mol. The van der Waals surface area contributed by atoms with E-state index >= 15 is 0 Å². The third-order valence-corrected chi connectivity index (χ3v) is 1.52. The average Bonchev–Trinajstić information content (AvgIpc) is 2.03. The predicted molar refractivity (Wildman–Crippen MR) is 41.2 cm³/mol. The molecule has 2 atom stereocenters. The Bertz CT molecular complexity index is 186. The van der Waals surface area contributed by atoms with E-state index in [1.807, 2.05) is 0 Å². The molecule has 0 bridgehead atoms. The molecule has 0 rings (SSSR count). The van der Waals surface area contributed by atoms with E-state index in [1.54, 1.807) is 5.92 Å². The second-order valence-corrected chi connectivity index (χ2v) is 2.57. The van der Waals surface area contributed by atoms with Crippen LogP contribution in [-0.4, -0.2) is 50.3 Å². The molecule has 0 aliphatic rings. The molecule has 6 heteroatoms. The van der Waals surface area contributed by atoms with E-state index in [0.717, 1.165) is 0 Å². The van der Waals surface area contributed by atoms with Gasteiger partial charge in [-0.05, 0) is 0 Å². The summed E-state index contributed by atoms with van der Waals surface area (Å²) in [7, 11) is 0. The summed E-state index contributed by atoms with van der Waals surface area (Å²) in [4.78, 5) is 3.58. The monoisotopic (exact) mass is 192 g/mol. The SMILES string of the molecule is C#C[C@@](O)(COO)[C@@H](O)CC(O)O. The Morgan fingerprint density at radius 1 is 1.38 bits per heavy atom. The van der Waals surface area contributed by atoms with Crippen molar-refractivity contribution >= 4 is 0 Å². The lowest BCUT2D eigenvalue weighted by atomic mass is 9.96. The minimum absolute atomic E-state index is 0.538. The van der Waals surface area contributed by atoms with E-state index in [0.29, 0.717) is 0 Å². The molecule has 0 saturated carbocycles. The van der Waals surface area contributed by atoms with Gasteiger partial charge in [0.2, 0.25) is 0 Å². The van der Waals surface area contributed by atoms with Crippen LogP contribution >= 0.6 is 0 Å². The second kappa shape index (κ2) is 5.14. The van der Waals surface area contributed by atoms with Crippen LogP contribution in [-0.2, 0) is 4.89 Å². The molecule has 0 radical (unpaired) electrons. The third-order valence-electron chi connectivity index (χ3n) is 1.52. The predicted octanol–water partition coefficient (Wildman–Crippen LogP) is -2.10. The molecule has 0 amide bonds. The van der Waals surface area contributed by atoms with Crippen LogP contribution in [0.3, 0.4) is 0 Å². The molecule has 0 aromatic rings. The molecule has 0 aromatic heterocycles. The largest absolute Gasteiger partial charge is 0.389 e. The fourth-order valence-corrected chi connectivity index (χ4v) is 0.727. The van der Waals surface area contributed by atoms with Crippen molar-refractivity contribution in [2.24, 2.45) is 0 Å². The van der Waals surface area contributed by atoms with E-state index in [9.17, 15) is 5.11 Å². The quantitative estimate of drug-likeness (QED) is 0.148. The van der Waals surface area contributed by atoms with Gasteiger partial charge in [-0.3, -0.25) is 5.26 Å². The molecule has 0 aliphatic carbocycles. The van der Waals surface area contributed by atoms with Crippen LogP contribution in [0.15, 0.2) is 0 Å². The Kier molecular flexibility index (Phi) is 4.87. The van der Waals surface area contributed by atoms with Crippen LogP contribution in [0.25, 0.3) is 0 Å². The summed E-state index contributed by atoms with van der Waals surface area (Å²) in [5, 5.41) is 43.5. The number of terminal acetylenes is 1. The smallest absolute Gasteiger partial charge is 0.177 e. The maximum absolute atomic E-state index is 9.34. The first-order chi connectivity index (χ1) is 5.96. The summed E-state index contributed by atoms with van der Waals surface area (Å²) in [5.74, 6) is 1.78. The van der Waals surface area contributed by atoms with Gasteiger partial charge in [-0.1, -0.05) is 5.92 Å². The maximum atomic E-state index is 9.34. The van der Waals surface area contributed by atoms with Gasteiger partial charge in [0, 0.05) is 6.42 Å². The minimum atomic E-state index is -2.13. The van der Waals surface area contributed by atoms with Crippen molar-refractivity contribution in [1.29, 1.82) is 0 Å². The van der Waals surface area contributed by atoms with Gasteiger partial charge in [0.15, 0.2) is 11.9 Å². The van der Waals surface area contributed by atoms with Crippen molar-refractivity contribution < 1.29 is 30.6 Å². The molecule has 0 fully saturated rings. The molecule has 76 valence electrons. The van der Waals surface area contributed by atoms with Gasteiger partial charge in [-0.25, -0.2) is 4.89 Å². The minimum Gasteiger partial charge on any atom is -0.389 e. The molecule has 6 nitrogen and oxygen atoms in total. The van der Waals surface area contributed by atoms with E-state index in [-0.39, 0.29) is 0 Å². The van der Waals surface area contributed by atoms with Crippen molar-refractivity contribution in [3.63, 3.8) is 0 Å². The lowest BCUT2D eigenvalue weighted by Crippen LogP contribution is -2.46. The Labute approximate surface area is 74.9 Å². The Morgan fingerprint density at radius 2 is 1.92 bits per heavy atom. The molecule has 0 unspecified atom stereocenters. The Morgan fingerprint density at radius 3 is 2.23 bits per heavy atom. The normalized spacial score (nSPS) is 17.9. The first kappa shape index (κ1) is 12.3. The fraction of sp³-hybridized carbons (Fsp3) is 0.714. The fourth-order valence-electron chi connectivity index (χ4n) is 0.727. The highest BCUT2D eigenvalue weighted by molar-refractivity contribution is 5.11. The summed E-state index contributed by atoms with van der Waals surface area (Å²) in [6.07, 6.45) is 0.927. The molecular formula is C7H12O6. The first-order valence-electron chi connectivity index (χ1n) is 3.47. The molecule has 0 saturated heterocycles. The summed E-state index contributed by atoms with van der Waals surface area (Å²) < 4.78 is 0. The molecule has 0 spiro atoms. The van der Waals surface area contributed by atoms with Crippen LogP contribution < -0.4 is 0 Å². The van der Waals surface area contributed by atoms with Gasteiger partial charge >= 0.3 is 0 Å². The van der Waals surface area contributed by atoms with Crippen molar-refractivity contribution in [1.82, 2.24) is 0 Å². The molecule has 0 aromatic carbocycles. The van der Waals surface area contributed by atoms with Gasteiger partial charge in [0.05, 0.1) is 0 Å². The summed E-state index contributed by atoms with van der Waals surface area (Å²) in [6, 6.07) is 0. The van der Waals surface area contributed by atoms with Crippen LogP contribution in [0.5, 0.6) is 0 Å². The summed E-state index contributed by atoms with van der Waals surface area (Å²) in [6.45, 7) is -0.711. The molecule has 13 heavy (non-hydrogen) atoms. The van der Waals surface area contributed by atoms with Crippen LogP contribution in [0.4, 0.5) is 0 Å². The number of aliphatic hydroxyl groups excluding tert-OH is 2. The highest BCUT2D eigenvalue weighted by Gasteiger charge is 2.35. The zero-order chi connectivity index (χ0) is 10.5. The number of rotatable bonds is 5. The molecule has 0 heterocycles. The number of hydrogen-bond acceptors (Lipinski definition) is 6. The van der Waals surface area contributed by atoms with Gasteiger partial charge in [-0.15, -0.1) is 6.42 Å². The number of hydrogen-bond donors (Lipinski definition) is 5. The third kappa shape index (κ3) is 3.69.